The topological polar surface area (TPSA) is 655 Å². The highest BCUT2D eigenvalue weighted by molar-refractivity contribution is 7.99. The number of nitrogens with zero attached hydrogens (tertiary/aromatic N) is 2. The van der Waals surface area contributed by atoms with Crippen molar-refractivity contribution in [3.8, 4) is 5.75 Å². The normalized spacial score (nSPS) is 18.2. The second kappa shape index (κ2) is 52.4. The zero-order valence-corrected chi connectivity index (χ0v) is 75.9. The van der Waals surface area contributed by atoms with Gasteiger partial charge < -0.3 is 118 Å². The van der Waals surface area contributed by atoms with Crippen LogP contribution in [0.4, 0.5) is 0 Å². The minimum atomic E-state index is -2.06. The summed E-state index contributed by atoms with van der Waals surface area (Å²) >= 11 is 0.925. The van der Waals surface area contributed by atoms with Crippen LogP contribution in [0.1, 0.15) is 139 Å². The molecule has 13 atom stereocenters. The minimum absolute atomic E-state index is 0.103. The second-order valence-corrected chi connectivity index (χ2v) is 34.1. The number of benzene rings is 4. The molecule has 4 aromatic carbocycles. The zero-order valence-electron chi connectivity index (χ0n) is 75.1. The van der Waals surface area contributed by atoms with Crippen molar-refractivity contribution in [3.63, 3.8) is 0 Å². The van der Waals surface area contributed by atoms with Crippen LogP contribution < -0.4 is 103 Å². The summed E-state index contributed by atoms with van der Waals surface area (Å²) in [6, 6.07) is 8.69. The number of hydrogen-bond donors (Lipinski definition) is 20. The number of nitrogens with two attached hydrogens (primary N) is 5. The number of primary amides is 3. The number of aromatic nitrogens is 2. The van der Waals surface area contributed by atoms with E-state index in [1.807, 2.05) is 31.2 Å². The molecule has 0 bridgehead atoms. The number of para-hydroxylation sites is 1. The lowest BCUT2D eigenvalue weighted by Gasteiger charge is -2.34. The van der Waals surface area contributed by atoms with Crippen LogP contribution in [0.25, 0.3) is 21.7 Å². The first kappa shape index (κ1) is 106. The van der Waals surface area contributed by atoms with Crippen LogP contribution in [0.2, 0.25) is 0 Å². The Morgan fingerprint density at radius 2 is 1.23 bits per heavy atom. The number of aryl methyl sites for hydroxylation is 1. The minimum Gasteiger partial charge on any atom is -0.492 e. The van der Waals surface area contributed by atoms with Crippen molar-refractivity contribution in [2.75, 3.05) is 51.3 Å². The van der Waals surface area contributed by atoms with Gasteiger partial charge in [-0.1, -0.05) is 78.9 Å². The van der Waals surface area contributed by atoms with Crippen LogP contribution in [-0.2, 0) is 112 Å². The molecule has 3 heterocycles. The molecule has 25 N–H and O–H groups in total. The molecule has 0 spiro atoms. The second-order valence-electron chi connectivity index (χ2n) is 32.9. The van der Waals surface area contributed by atoms with Crippen LogP contribution >= 0.6 is 11.8 Å². The van der Waals surface area contributed by atoms with E-state index >= 15 is 28.8 Å². The van der Waals surface area contributed by atoms with Gasteiger partial charge in [-0.15, -0.1) is 0 Å². The number of H-pyrrole nitrogens is 1. The van der Waals surface area contributed by atoms with E-state index in [4.69, 9.17) is 33.4 Å². The summed E-state index contributed by atoms with van der Waals surface area (Å²) in [6.07, 6.45) is -1.27. The maximum Gasteiger partial charge on any atom is 0.246 e. The Hall–Kier alpha value is -13.5. The summed E-state index contributed by atoms with van der Waals surface area (Å²) in [5.41, 5.74) is 29.9. The van der Waals surface area contributed by atoms with Gasteiger partial charge >= 0.3 is 0 Å². The predicted octanol–water partition coefficient (Wildman–Crippen LogP) is -2.73. The fraction of sp³-hybridized carbons (Fsp3) is 0.478. The van der Waals surface area contributed by atoms with Crippen LogP contribution in [0.15, 0.2) is 116 Å². The molecule has 714 valence electrons. The summed E-state index contributed by atoms with van der Waals surface area (Å²) in [5.74, 6) is -17.1. The van der Waals surface area contributed by atoms with Crippen molar-refractivity contribution >= 4 is 140 Å². The number of nitrogens with one attached hydrogen (secondary N) is 14. The van der Waals surface area contributed by atoms with E-state index in [2.05, 4.69) is 79.1 Å². The molecule has 0 unspecified atom stereocenters. The Labute approximate surface area is 767 Å². The van der Waals surface area contributed by atoms with Crippen LogP contribution in [-0.4, -0.2) is 256 Å². The number of ether oxygens (including phenoxy) is 1. The van der Waals surface area contributed by atoms with Crippen molar-refractivity contribution in [2.45, 2.75) is 222 Å². The first-order chi connectivity index (χ1) is 62.7. The van der Waals surface area contributed by atoms with E-state index in [1.54, 1.807) is 79.0 Å². The molecule has 6 aromatic rings. The van der Waals surface area contributed by atoms with Gasteiger partial charge in [-0.05, 0) is 155 Å². The Kier molecular flexibility index (Phi) is 41.9. The van der Waals surface area contributed by atoms with Gasteiger partial charge in [-0.25, -0.2) is 0 Å². The molecule has 0 aliphatic carbocycles. The number of amides is 17. The number of unbranched alkanes of at least 4 members (excludes halogenated alkanes) is 2. The molecule has 0 saturated carbocycles. The Balaban J connectivity index is 1.31. The number of thioether (sulfide) groups is 1. The van der Waals surface area contributed by atoms with Crippen molar-refractivity contribution in [1.82, 2.24) is 84.0 Å². The maximum atomic E-state index is 15.9. The number of ketones is 1. The van der Waals surface area contributed by atoms with Gasteiger partial charge in [0.15, 0.2) is 0 Å². The highest BCUT2D eigenvalue weighted by atomic mass is 32.2. The molecule has 42 heteroatoms. The molecule has 41 nitrogen and oxygen atoms in total. The number of likely N-dealkylation sites (N-methyl/N-ethyl adjacent to an activating group) is 1. The summed E-state index contributed by atoms with van der Waals surface area (Å²) in [7, 11) is 1.34. The molecule has 1 fully saturated rings. The number of pyridine rings is 1. The first-order valence-electron chi connectivity index (χ1n) is 43.5. The first-order valence-corrected chi connectivity index (χ1v) is 44.7. The van der Waals surface area contributed by atoms with Gasteiger partial charge in [0.25, 0.3) is 0 Å². The quantitative estimate of drug-likeness (QED) is 0.0173. The molecular weight excluding hydrogens is 1730 g/mol. The van der Waals surface area contributed by atoms with Gasteiger partial charge in [-0.3, -0.25) is 91.3 Å². The molecule has 1 aliphatic heterocycles. The summed E-state index contributed by atoms with van der Waals surface area (Å²) in [5, 5.41) is 47.5. The number of fused-ring (bicyclic) bond motifs is 2. The molecule has 2 aromatic heterocycles. The highest BCUT2D eigenvalue weighted by Gasteiger charge is 2.43. The van der Waals surface area contributed by atoms with Crippen LogP contribution in [0.3, 0.4) is 0 Å². The lowest BCUT2D eigenvalue weighted by atomic mass is 9.91. The molecule has 0 radical (unpaired) electrons. The number of aromatic amines is 1. The van der Waals surface area contributed by atoms with Gasteiger partial charge in [0.1, 0.15) is 90.1 Å². The van der Waals surface area contributed by atoms with E-state index in [0.717, 1.165) is 41.5 Å². The zero-order chi connectivity index (χ0) is 96.9. The van der Waals surface area contributed by atoms with Gasteiger partial charge in [0, 0.05) is 108 Å². The smallest absolute Gasteiger partial charge is 0.246 e. The average molecular weight is 1850 g/mol. The largest absolute Gasteiger partial charge is 0.492 e. The van der Waals surface area contributed by atoms with Gasteiger partial charge in [-0.2, -0.15) is 11.8 Å². The number of carbonyl (C=O) groups is 18. The lowest BCUT2D eigenvalue weighted by molar-refractivity contribution is -0.139. The number of aliphatic hydroxyl groups is 1. The van der Waals surface area contributed by atoms with E-state index in [0.29, 0.717) is 44.3 Å². The molecule has 7 rings (SSSR count). The summed E-state index contributed by atoms with van der Waals surface area (Å²) in [4.78, 5) is 264. The van der Waals surface area contributed by atoms with E-state index in [-0.39, 0.29) is 114 Å². The standard InChI is InChI=1S/C90H123N21O20S/c1-50-16-14-20-62-60(47-98-76(50)62)44-69-83(124)101-64(28-30-73(93)116)79(120)107-72(49-132-39-32-66(99-54(5)115)80(121)100-65(29-31-74(94)117)81(122)109-77(52(3)113)87(128)105-69)85(126)102-67(41-55-23-26-61(27-24-55)131-38-35-92)82(123)103-68(42-56-22-25-58-18-8-9-19-59(58)40-56)86(127)110-90(6,33-11-12-34-91)89(130)108-63(21-10-13-37-97-53(4)114)78(119)104-70(45-75(95)118)84(125)106-71(43-57-17-15-36-96-46-57)88(129)111(7)48-51(2)112/h8-9,14-20,22-27,36,40,46-47,52,63-72,77,98,113H,10-13,21,28-35,37-39,41-45,48-49,91-92H2,1-7H3,(H2,93,116)(H2,94,117)(H2,95,118)(H,97,114)(H,99,115)(H,100,121)(H,101,124)(H,102,126)(H,103,123)(H,104,119)(H,105,128)(H,106,125)(H,107,120)(H,108,130)(H,109,122)(H,110,127)/t52-,63+,64+,65+,66+,67+,68+,69+,70+,71+,72+,77+,90+/m1/s1. The molecule has 132 heavy (non-hydrogen) atoms. The number of carbonyl (C=O) groups excluding carboxylic acids is 18. The predicted molar refractivity (Wildman–Crippen MR) is 489 cm³/mol. The number of rotatable bonds is 45. The van der Waals surface area contributed by atoms with Crippen molar-refractivity contribution in [2.24, 2.45) is 28.7 Å². The molecule has 1 saturated heterocycles. The molecule has 17 amide bonds. The lowest BCUT2D eigenvalue weighted by Crippen LogP contribution is -2.64. The Morgan fingerprint density at radius 1 is 0.614 bits per heavy atom. The van der Waals surface area contributed by atoms with E-state index in [9.17, 15) is 62.6 Å². The van der Waals surface area contributed by atoms with Crippen molar-refractivity contribution < 1.29 is 96.1 Å². The maximum absolute atomic E-state index is 15.9. The fourth-order valence-corrected chi connectivity index (χ4v) is 15.8. The third kappa shape index (κ3) is 34.1. The molecular formula is C90H123N21O20S. The number of Topliss-reactive ketones (excluding diaryl/α,β-unsaturated/α-hetero) is 1. The van der Waals surface area contributed by atoms with Crippen LogP contribution in [0, 0.1) is 6.92 Å². The van der Waals surface area contributed by atoms with Crippen LogP contribution in [0.5, 0.6) is 5.75 Å². The van der Waals surface area contributed by atoms with E-state index in [1.165, 1.54) is 40.2 Å². The Bertz CT molecular complexity index is 5080. The van der Waals surface area contributed by atoms with Gasteiger partial charge in [0.2, 0.25) is 100 Å². The van der Waals surface area contributed by atoms with Crippen molar-refractivity contribution in [3.05, 3.63) is 143 Å². The molecule has 1 aliphatic rings. The SMILES string of the molecule is CC(=O)CN(C)C(=O)[C@H](Cc1cccnc1)NC(=O)[C@H](CC(N)=O)NC(=O)[C@H](CCCCNC(C)=O)NC(=O)[C@](C)(CCCCN)NC(=O)[C@H](Cc1ccc2ccccc2c1)NC(=O)[C@H](Cc1ccc(OCCN)cc1)NC(=O)[C@@H]1CSCC[C@H](NC(C)=O)C(=O)N[C@@H](CCC(N)=O)C(=O)N[C@@H]([C@@H](C)O)C(=O)N[C@@H](Cc2c[nH]c3c(C)cccc23)C(=O)N[C@@H](CCC(N)=O)C(=O)N1. The Morgan fingerprint density at radius 3 is 1.86 bits per heavy atom. The van der Waals surface area contributed by atoms with E-state index < -0.39 is 217 Å². The number of hydrogen-bond acceptors (Lipinski definition) is 24. The monoisotopic (exact) mass is 1850 g/mol. The average Bonchev–Trinajstić information content (AvgIpc) is 1.77. The third-order valence-electron chi connectivity index (χ3n) is 21.8. The van der Waals surface area contributed by atoms with Gasteiger partial charge in [0.05, 0.1) is 19.1 Å². The summed E-state index contributed by atoms with van der Waals surface area (Å²) < 4.78 is 5.76. The summed E-state index contributed by atoms with van der Waals surface area (Å²) in [6.45, 7) is 8.12. The highest BCUT2D eigenvalue weighted by Crippen LogP contribution is 2.26. The van der Waals surface area contributed by atoms with Crippen molar-refractivity contribution in [1.29, 1.82) is 0 Å². The number of aliphatic hydroxyl groups excluding tert-OH is 1. The third-order valence-corrected chi connectivity index (χ3v) is 22.9. The fourth-order valence-electron chi connectivity index (χ4n) is 14.7.